The molecule has 0 heterocycles. The Kier molecular flexibility index (Phi) is 4.79. The van der Waals surface area contributed by atoms with Crippen LogP contribution in [-0.4, -0.2) is 23.5 Å². The molecule has 104 valence electrons. The molecule has 1 saturated carbocycles. The molecule has 19 heavy (non-hydrogen) atoms. The van der Waals surface area contributed by atoms with Gasteiger partial charge in [0.2, 0.25) is 0 Å². The summed E-state index contributed by atoms with van der Waals surface area (Å²) in [7, 11) is 0. The molecule has 1 aliphatic rings. The van der Waals surface area contributed by atoms with Crippen LogP contribution < -0.4 is 11.1 Å². The number of nitrogens with one attached hydrogen (secondary N) is 1. The van der Waals surface area contributed by atoms with E-state index < -0.39 is 0 Å². The molecule has 0 atom stereocenters. The molecule has 0 bridgehead atoms. The van der Waals surface area contributed by atoms with Crippen LogP contribution >= 0.6 is 27.7 Å². The fourth-order valence-electron chi connectivity index (χ4n) is 2.53. The van der Waals surface area contributed by atoms with E-state index in [0.717, 1.165) is 11.0 Å². The number of carbonyl (C=O) groups is 1. The van der Waals surface area contributed by atoms with E-state index in [1.165, 1.54) is 25.7 Å². The molecule has 0 aromatic heterocycles. The molecular formula is C14H19BrN2OS. The number of benzene rings is 1. The number of nitrogen functional groups attached to an aromatic ring is 1. The van der Waals surface area contributed by atoms with Crippen LogP contribution in [0.5, 0.6) is 0 Å². The minimum absolute atomic E-state index is 0.0560. The summed E-state index contributed by atoms with van der Waals surface area (Å²) >= 11 is 5.27. The van der Waals surface area contributed by atoms with Crippen LogP contribution in [0.1, 0.15) is 36.0 Å². The molecule has 2 rings (SSSR count). The van der Waals surface area contributed by atoms with Gasteiger partial charge in [-0.05, 0) is 53.2 Å². The van der Waals surface area contributed by atoms with Gasteiger partial charge in [0, 0.05) is 21.5 Å². The number of anilines is 1. The number of thioether (sulfide) groups is 1. The topological polar surface area (TPSA) is 55.1 Å². The molecule has 1 amide bonds. The highest BCUT2D eigenvalue weighted by atomic mass is 79.9. The van der Waals surface area contributed by atoms with Gasteiger partial charge < -0.3 is 11.1 Å². The summed E-state index contributed by atoms with van der Waals surface area (Å²) in [6, 6.07) is 5.30. The van der Waals surface area contributed by atoms with Gasteiger partial charge in [0.1, 0.15) is 0 Å². The summed E-state index contributed by atoms with van der Waals surface area (Å²) < 4.78 is 1.01. The number of rotatable bonds is 4. The van der Waals surface area contributed by atoms with Gasteiger partial charge in [-0.3, -0.25) is 4.79 Å². The second kappa shape index (κ2) is 6.18. The van der Waals surface area contributed by atoms with Crippen LogP contribution in [-0.2, 0) is 0 Å². The molecule has 0 radical (unpaired) electrons. The molecule has 3 nitrogen and oxygen atoms in total. The zero-order valence-electron chi connectivity index (χ0n) is 11.0. The van der Waals surface area contributed by atoms with Crippen molar-refractivity contribution in [3.8, 4) is 0 Å². The Morgan fingerprint density at radius 3 is 2.79 bits per heavy atom. The predicted octanol–water partition coefficient (Wildman–Crippen LogP) is 3.44. The summed E-state index contributed by atoms with van der Waals surface area (Å²) in [5.74, 6) is -0.0560. The normalized spacial score (nSPS) is 17.4. The molecule has 1 fully saturated rings. The van der Waals surface area contributed by atoms with Gasteiger partial charge in [0.15, 0.2) is 0 Å². The monoisotopic (exact) mass is 342 g/mol. The zero-order chi connectivity index (χ0) is 13.9. The number of carbonyl (C=O) groups excluding carboxylic acids is 1. The lowest BCUT2D eigenvalue weighted by molar-refractivity contribution is 0.0949. The van der Waals surface area contributed by atoms with E-state index in [-0.39, 0.29) is 10.7 Å². The average molecular weight is 343 g/mol. The molecule has 1 aliphatic carbocycles. The molecule has 5 heteroatoms. The SMILES string of the molecule is CSC1(CNC(=O)c2cc(N)ccc2Br)CCCC1. The van der Waals surface area contributed by atoms with Gasteiger partial charge in [0.05, 0.1) is 5.56 Å². The maximum atomic E-state index is 12.2. The lowest BCUT2D eigenvalue weighted by atomic mass is 10.1. The van der Waals surface area contributed by atoms with Crippen LogP contribution in [0.4, 0.5) is 5.69 Å². The zero-order valence-corrected chi connectivity index (χ0v) is 13.4. The summed E-state index contributed by atoms with van der Waals surface area (Å²) in [5, 5.41) is 3.06. The van der Waals surface area contributed by atoms with Crippen LogP contribution in [0.2, 0.25) is 0 Å². The second-order valence-electron chi connectivity index (χ2n) is 5.02. The van der Waals surface area contributed by atoms with Gasteiger partial charge in [0.25, 0.3) is 5.91 Å². The fourth-order valence-corrected chi connectivity index (χ4v) is 3.87. The number of halogens is 1. The summed E-state index contributed by atoms with van der Waals surface area (Å²) in [6.07, 6.45) is 7.03. The highest BCUT2D eigenvalue weighted by Gasteiger charge is 2.33. The van der Waals surface area contributed by atoms with E-state index in [9.17, 15) is 4.79 Å². The highest BCUT2D eigenvalue weighted by molar-refractivity contribution is 9.10. The molecule has 0 saturated heterocycles. The Labute approximate surface area is 126 Å². The summed E-state index contributed by atoms with van der Waals surface area (Å²) in [6.45, 7) is 0.730. The fraction of sp³-hybridized carbons (Fsp3) is 0.500. The summed E-state index contributed by atoms with van der Waals surface area (Å²) in [5.41, 5.74) is 6.94. The van der Waals surface area contributed by atoms with Crippen molar-refractivity contribution in [1.82, 2.24) is 5.32 Å². The molecule has 1 aromatic carbocycles. The first kappa shape index (κ1) is 14.7. The van der Waals surface area contributed by atoms with E-state index in [0.29, 0.717) is 11.3 Å². The van der Waals surface area contributed by atoms with E-state index >= 15 is 0 Å². The van der Waals surface area contributed by atoms with E-state index in [4.69, 9.17) is 5.73 Å². The quantitative estimate of drug-likeness (QED) is 0.824. The Balaban J connectivity index is 2.03. The van der Waals surface area contributed by atoms with E-state index in [1.807, 2.05) is 17.8 Å². The highest BCUT2D eigenvalue weighted by Crippen LogP contribution is 2.39. The van der Waals surface area contributed by atoms with Crippen molar-refractivity contribution >= 4 is 39.3 Å². The van der Waals surface area contributed by atoms with E-state index in [1.54, 1.807) is 12.1 Å². The van der Waals surface area contributed by atoms with Crippen LogP contribution in [0.15, 0.2) is 22.7 Å². The van der Waals surface area contributed by atoms with Crippen molar-refractivity contribution in [2.75, 3.05) is 18.5 Å². The number of nitrogens with two attached hydrogens (primary N) is 1. The minimum Gasteiger partial charge on any atom is -0.399 e. The Morgan fingerprint density at radius 1 is 1.47 bits per heavy atom. The standard InChI is InChI=1S/C14H19BrN2OS/c1-19-14(6-2-3-7-14)9-17-13(18)11-8-10(16)4-5-12(11)15/h4-5,8H,2-3,6-7,9,16H2,1H3,(H,17,18). The first-order valence-corrected chi connectivity index (χ1v) is 8.46. The van der Waals surface area contributed by atoms with Gasteiger partial charge in [-0.2, -0.15) is 11.8 Å². The number of amides is 1. The van der Waals surface area contributed by atoms with Crippen molar-refractivity contribution in [1.29, 1.82) is 0 Å². The predicted molar refractivity (Wildman–Crippen MR) is 85.6 cm³/mol. The van der Waals surface area contributed by atoms with Crippen molar-refractivity contribution in [3.05, 3.63) is 28.2 Å². The largest absolute Gasteiger partial charge is 0.399 e. The Hall–Kier alpha value is -0.680. The van der Waals surface area contributed by atoms with Gasteiger partial charge >= 0.3 is 0 Å². The maximum absolute atomic E-state index is 12.2. The van der Waals surface area contributed by atoms with Crippen LogP contribution in [0.3, 0.4) is 0 Å². The first-order valence-electron chi connectivity index (χ1n) is 6.45. The van der Waals surface area contributed by atoms with Crippen LogP contribution in [0.25, 0.3) is 0 Å². The van der Waals surface area contributed by atoms with Crippen LogP contribution in [0, 0.1) is 0 Å². The molecule has 0 aliphatic heterocycles. The van der Waals surface area contributed by atoms with Gasteiger partial charge in [-0.15, -0.1) is 0 Å². The van der Waals surface area contributed by atoms with Crippen molar-refractivity contribution in [2.24, 2.45) is 0 Å². The molecule has 0 spiro atoms. The second-order valence-corrected chi connectivity index (χ2v) is 7.14. The first-order chi connectivity index (χ1) is 9.06. The van der Waals surface area contributed by atoms with Crippen molar-refractivity contribution in [3.63, 3.8) is 0 Å². The maximum Gasteiger partial charge on any atom is 0.252 e. The third-order valence-corrected chi connectivity index (χ3v) is 5.86. The van der Waals surface area contributed by atoms with Crippen molar-refractivity contribution in [2.45, 2.75) is 30.4 Å². The van der Waals surface area contributed by atoms with Gasteiger partial charge in [-0.25, -0.2) is 0 Å². The number of hydrogen-bond acceptors (Lipinski definition) is 3. The van der Waals surface area contributed by atoms with E-state index in [2.05, 4.69) is 27.5 Å². The Morgan fingerprint density at radius 2 is 2.16 bits per heavy atom. The molecule has 0 unspecified atom stereocenters. The third kappa shape index (κ3) is 3.45. The average Bonchev–Trinajstić information content (AvgIpc) is 2.88. The van der Waals surface area contributed by atoms with Crippen molar-refractivity contribution < 1.29 is 4.79 Å². The third-order valence-electron chi connectivity index (χ3n) is 3.75. The molecule has 1 aromatic rings. The molecule has 3 N–H and O–H groups in total. The molecular weight excluding hydrogens is 324 g/mol. The van der Waals surface area contributed by atoms with Gasteiger partial charge in [-0.1, -0.05) is 12.8 Å². The lowest BCUT2D eigenvalue weighted by Gasteiger charge is -2.27. The Bertz CT molecular complexity index is 473. The lowest BCUT2D eigenvalue weighted by Crippen LogP contribution is -2.38. The smallest absolute Gasteiger partial charge is 0.252 e. The number of hydrogen-bond donors (Lipinski definition) is 2. The minimum atomic E-state index is -0.0560. The summed E-state index contributed by atoms with van der Waals surface area (Å²) in [4.78, 5) is 12.2.